The van der Waals surface area contributed by atoms with Crippen LogP contribution in [0.1, 0.15) is 45.9 Å². The van der Waals surface area contributed by atoms with E-state index in [-0.39, 0.29) is 0 Å². The van der Waals surface area contributed by atoms with Crippen LogP contribution in [0.3, 0.4) is 0 Å². The molecular formula is C18H30N2O. The van der Waals surface area contributed by atoms with Gasteiger partial charge in [0.25, 0.3) is 0 Å². The molecule has 1 aliphatic rings. The first kappa shape index (κ1) is 16.4. The number of pyridine rings is 1. The maximum atomic E-state index is 6.03. The highest BCUT2D eigenvalue weighted by Crippen LogP contribution is 2.35. The van der Waals surface area contributed by atoms with Crippen molar-refractivity contribution in [1.29, 1.82) is 0 Å². The Bertz CT molecular complexity index is 431. The fraction of sp³-hybridized carbons (Fsp3) is 0.722. The molecule has 1 aromatic heterocycles. The fourth-order valence-electron chi connectivity index (χ4n) is 3.60. The van der Waals surface area contributed by atoms with E-state index in [4.69, 9.17) is 4.74 Å². The Morgan fingerprint density at radius 1 is 1.19 bits per heavy atom. The average Bonchev–Trinajstić information content (AvgIpc) is 2.72. The van der Waals surface area contributed by atoms with Crippen molar-refractivity contribution >= 4 is 0 Å². The van der Waals surface area contributed by atoms with E-state index in [9.17, 15) is 0 Å². The highest BCUT2D eigenvalue weighted by Gasteiger charge is 2.41. The molecule has 1 aliphatic heterocycles. The van der Waals surface area contributed by atoms with Gasteiger partial charge in [-0.2, -0.15) is 0 Å². The number of hydrogen-bond acceptors (Lipinski definition) is 3. The normalized spacial score (nSPS) is 30.5. The highest BCUT2D eigenvalue weighted by molar-refractivity contribution is 5.15. The smallest absolute Gasteiger partial charge is 0.0597 e. The molecule has 2 rings (SSSR count). The standard InChI is InChI=1S/C18H30N2O/c1-6-15-8-9-16(20-11-15)10-17(19-7-2)18-12(3)13(4)21-14(18)5/h8-9,11-14,17-19H,6-7,10H2,1-5H3. The van der Waals surface area contributed by atoms with E-state index in [1.165, 1.54) is 11.3 Å². The Morgan fingerprint density at radius 3 is 2.43 bits per heavy atom. The topological polar surface area (TPSA) is 34.2 Å². The van der Waals surface area contributed by atoms with Crippen molar-refractivity contribution < 1.29 is 4.74 Å². The van der Waals surface area contributed by atoms with E-state index in [1.807, 2.05) is 6.20 Å². The second-order valence-electron chi connectivity index (χ2n) is 6.36. The Balaban J connectivity index is 2.11. The first-order chi connectivity index (χ1) is 10.1. The zero-order valence-electron chi connectivity index (χ0n) is 14.1. The summed E-state index contributed by atoms with van der Waals surface area (Å²) in [4.78, 5) is 4.63. The van der Waals surface area contributed by atoms with Gasteiger partial charge in [-0.25, -0.2) is 0 Å². The number of aromatic nitrogens is 1. The van der Waals surface area contributed by atoms with Gasteiger partial charge >= 0.3 is 0 Å². The lowest BCUT2D eigenvalue weighted by molar-refractivity contribution is 0.0476. The largest absolute Gasteiger partial charge is 0.375 e. The lowest BCUT2D eigenvalue weighted by atomic mass is 9.81. The van der Waals surface area contributed by atoms with Crippen LogP contribution in [0.15, 0.2) is 18.3 Å². The molecule has 1 fully saturated rings. The molecule has 1 N–H and O–H groups in total. The van der Waals surface area contributed by atoms with Crippen LogP contribution < -0.4 is 5.32 Å². The van der Waals surface area contributed by atoms with E-state index in [1.54, 1.807) is 0 Å². The molecule has 21 heavy (non-hydrogen) atoms. The molecule has 3 heteroatoms. The second kappa shape index (κ2) is 7.37. The molecular weight excluding hydrogens is 260 g/mol. The summed E-state index contributed by atoms with van der Waals surface area (Å²) in [6, 6.07) is 4.81. The quantitative estimate of drug-likeness (QED) is 0.873. The maximum absolute atomic E-state index is 6.03. The number of aryl methyl sites for hydroxylation is 1. The summed E-state index contributed by atoms with van der Waals surface area (Å²) in [5, 5.41) is 3.66. The fourth-order valence-corrected chi connectivity index (χ4v) is 3.60. The van der Waals surface area contributed by atoms with Crippen LogP contribution in [-0.4, -0.2) is 29.8 Å². The van der Waals surface area contributed by atoms with Crippen molar-refractivity contribution in [2.75, 3.05) is 6.54 Å². The van der Waals surface area contributed by atoms with Gasteiger partial charge in [0, 0.05) is 30.3 Å². The van der Waals surface area contributed by atoms with Crippen LogP contribution in [0.5, 0.6) is 0 Å². The van der Waals surface area contributed by atoms with Gasteiger partial charge in [-0.05, 0) is 44.4 Å². The third-order valence-electron chi connectivity index (χ3n) is 4.97. The second-order valence-corrected chi connectivity index (χ2v) is 6.36. The van der Waals surface area contributed by atoms with Crippen molar-refractivity contribution in [3.05, 3.63) is 29.6 Å². The van der Waals surface area contributed by atoms with Crippen molar-refractivity contribution in [2.45, 2.75) is 65.7 Å². The van der Waals surface area contributed by atoms with Crippen molar-refractivity contribution in [3.8, 4) is 0 Å². The lowest BCUT2D eigenvalue weighted by Crippen LogP contribution is -2.43. The first-order valence-corrected chi connectivity index (χ1v) is 8.39. The molecule has 0 spiro atoms. The summed E-state index contributed by atoms with van der Waals surface area (Å²) in [6.45, 7) is 12.0. The Morgan fingerprint density at radius 2 is 1.95 bits per heavy atom. The van der Waals surface area contributed by atoms with Crippen molar-refractivity contribution in [3.63, 3.8) is 0 Å². The monoisotopic (exact) mass is 290 g/mol. The lowest BCUT2D eigenvalue weighted by Gasteiger charge is -2.29. The molecule has 5 atom stereocenters. The Hall–Kier alpha value is -0.930. The van der Waals surface area contributed by atoms with Gasteiger partial charge in [0.1, 0.15) is 0 Å². The van der Waals surface area contributed by atoms with Gasteiger partial charge in [-0.3, -0.25) is 4.98 Å². The zero-order chi connectivity index (χ0) is 15.4. The molecule has 1 aromatic rings. The molecule has 5 unspecified atom stereocenters. The van der Waals surface area contributed by atoms with Crippen LogP contribution in [0.25, 0.3) is 0 Å². The molecule has 2 heterocycles. The van der Waals surface area contributed by atoms with Crippen LogP contribution in [-0.2, 0) is 17.6 Å². The summed E-state index contributed by atoms with van der Waals surface area (Å²) < 4.78 is 6.03. The van der Waals surface area contributed by atoms with Crippen LogP contribution in [0.2, 0.25) is 0 Å². The number of nitrogens with zero attached hydrogens (tertiary/aromatic N) is 1. The molecule has 0 amide bonds. The molecule has 1 saturated heterocycles. The van der Waals surface area contributed by atoms with E-state index >= 15 is 0 Å². The summed E-state index contributed by atoms with van der Waals surface area (Å²) in [6.07, 6.45) is 4.70. The van der Waals surface area contributed by atoms with Gasteiger partial charge in [0.2, 0.25) is 0 Å². The summed E-state index contributed by atoms with van der Waals surface area (Å²) in [7, 11) is 0. The van der Waals surface area contributed by atoms with Crippen molar-refractivity contribution in [2.24, 2.45) is 11.8 Å². The van der Waals surface area contributed by atoms with E-state index in [0.717, 1.165) is 19.4 Å². The molecule has 3 nitrogen and oxygen atoms in total. The first-order valence-electron chi connectivity index (χ1n) is 8.39. The molecule has 0 bridgehead atoms. The molecule has 0 saturated carbocycles. The predicted molar refractivity (Wildman–Crippen MR) is 87.4 cm³/mol. The van der Waals surface area contributed by atoms with Crippen LogP contribution in [0, 0.1) is 11.8 Å². The highest BCUT2D eigenvalue weighted by atomic mass is 16.5. The Labute approximate surface area is 129 Å². The van der Waals surface area contributed by atoms with Gasteiger partial charge in [0.15, 0.2) is 0 Å². The minimum atomic E-state index is 0.314. The van der Waals surface area contributed by atoms with Crippen molar-refractivity contribution in [1.82, 2.24) is 10.3 Å². The summed E-state index contributed by atoms with van der Waals surface area (Å²) in [5.41, 5.74) is 2.48. The van der Waals surface area contributed by atoms with Gasteiger partial charge in [-0.1, -0.05) is 26.8 Å². The van der Waals surface area contributed by atoms with E-state index < -0.39 is 0 Å². The van der Waals surface area contributed by atoms with Gasteiger partial charge < -0.3 is 10.1 Å². The Kier molecular flexibility index (Phi) is 5.77. The number of hydrogen-bond donors (Lipinski definition) is 1. The molecule has 118 valence electrons. The third-order valence-corrected chi connectivity index (χ3v) is 4.97. The SMILES string of the molecule is CCNC(Cc1ccc(CC)cn1)C1C(C)OC(C)C1C. The number of rotatable bonds is 6. The minimum absolute atomic E-state index is 0.314. The van der Waals surface area contributed by atoms with E-state index in [2.05, 4.69) is 57.1 Å². The third kappa shape index (κ3) is 3.83. The molecule has 0 aromatic carbocycles. The molecule has 0 radical (unpaired) electrons. The number of nitrogens with one attached hydrogen (secondary N) is 1. The summed E-state index contributed by atoms with van der Waals surface area (Å²) in [5.74, 6) is 1.13. The zero-order valence-corrected chi connectivity index (χ0v) is 14.1. The maximum Gasteiger partial charge on any atom is 0.0597 e. The van der Waals surface area contributed by atoms with Gasteiger partial charge in [-0.15, -0.1) is 0 Å². The van der Waals surface area contributed by atoms with Gasteiger partial charge in [0.05, 0.1) is 12.2 Å². The summed E-state index contributed by atoms with van der Waals surface area (Å²) >= 11 is 0. The predicted octanol–water partition coefficient (Wildman–Crippen LogP) is 3.22. The number of likely N-dealkylation sites (N-methyl/N-ethyl adjacent to an activating group) is 1. The average molecular weight is 290 g/mol. The number of ether oxygens (including phenoxy) is 1. The molecule has 0 aliphatic carbocycles. The van der Waals surface area contributed by atoms with Crippen LogP contribution >= 0.6 is 0 Å². The minimum Gasteiger partial charge on any atom is -0.375 e. The van der Waals surface area contributed by atoms with E-state index in [0.29, 0.717) is 30.1 Å². The van der Waals surface area contributed by atoms with Crippen LogP contribution in [0.4, 0.5) is 0 Å².